The number of nitrogens with one attached hydrogen (secondary N) is 1. The van der Waals surface area contributed by atoms with E-state index in [1.54, 1.807) is 36.5 Å². The summed E-state index contributed by atoms with van der Waals surface area (Å²) in [6, 6.07) is 13.0. The van der Waals surface area contributed by atoms with Gasteiger partial charge in [0, 0.05) is 11.6 Å². The highest BCUT2D eigenvalue weighted by Gasteiger charge is 2.30. The fraction of sp³-hybridized carbons (Fsp3) is 0.190. The molecule has 8 heteroatoms. The van der Waals surface area contributed by atoms with Crippen LogP contribution in [-0.2, 0) is 26.9 Å². The Balaban J connectivity index is 1.59. The van der Waals surface area contributed by atoms with E-state index in [-0.39, 0.29) is 6.42 Å². The van der Waals surface area contributed by atoms with E-state index in [9.17, 15) is 22.8 Å². The van der Waals surface area contributed by atoms with Gasteiger partial charge in [-0.25, -0.2) is 0 Å². The third-order valence-corrected chi connectivity index (χ3v) is 4.21. The van der Waals surface area contributed by atoms with Gasteiger partial charge in [-0.2, -0.15) is 13.2 Å². The molecule has 1 heterocycles. The number of nitrogens with zero attached hydrogens (tertiary/aromatic N) is 1. The number of hydrogen-bond donors (Lipinski definition) is 1. The van der Waals surface area contributed by atoms with E-state index in [1.165, 1.54) is 19.1 Å². The Bertz CT molecular complexity index is 1030. The van der Waals surface area contributed by atoms with Crippen molar-refractivity contribution in [1.29, 1.82) is 0 Å². The summed E-state index contributed by atoms with van der Waals surface area (Å²) >= 11 is 0. The molecule has 2 aromatic carbocycles. The maximum atomic E-state index is 12.6. The topological polar surface area (TPSA) is 68.3 Å². The minimum Gasteiger partial charge on any atom is -0.452 e. The van der Waals surface area contributed by atoms with Gasteiger partial charge in [-0.3, -0.25) is 14.6 Å². The minimum absolute atomic E-state index is 0.242. The number of rotatable bonds is 5. The molecule has 0 aliphatic heterocycles. The van der Waals surface area contributed by atoms with Gasteiger partial charge in [0.1, 0.15) is 0 Å². The number of alkyl halides is 3. The van der Waals surface area contributed by atoms with Crippen molar-refractivity contribution in [1.82, 2.24) is 4.98 Å². The van der Waals surface area contributed by atoms with Crippen LogP contribution >= 0.6 is 0 Å². The van der Waals surface area contributed by atoms with Gasteiger partial charge in [0.15, 0.2) is 6.10 Å². The fourth-order valence-corrected chi connectivity index (χ4v) is 2.72. The third-order valence-electron chi connectivity index (χ3n) is 4.21. The molecule has 1 amide bonds. The number of esters is 1. The number of pyridine rings is 1. The molecule has 150 valence electrons. The van der Waals surface area contributed by atoms with E-state index in [4.69, 9.17) is 4.74 Å². The lowest BCUT2D eigenvalue weighted by molar-refractivity contribution is -0.152. The first-order valence-corrected chi connectivity index (χ1v) is 8.74. The quantitative estimate of drug-likeness (QED) is 0.644. The third kappa shape index (κ3) is 5.10. The number of hydrogen-bond acceptors (Lipinski definition) is 4. The van der Waals surface area contributed by atoms with Gasteiger partial charge in [-0.05, 0) is 48.9 Å². The smallest absolute Gasteiger partial charge is 0.416 e. The van der Waals surface area contributed by atoms with Gasteiger partial charge in [0.25, 0.3) is 5.91 Å². The number of fused-ring (bicyclic) bond motifs is 1. The van der Waals surface area contributed by atoms with Gasteiger partial charge < -0.3 is 10.1 Å². The zero-order chi connectivity index (χ0) is 21.0. The van der Waals surface area contributed by atoms with Gasteiger partial charge in [-0.1, -0.05) is 18.2 Å². The van der Waals surface area contributed by atoms with Gasteiger partial charge in [-0.15, -0.1) is 0 Å². The predicted molar refractivity (Wildman–Crippen MR) is 101 cm³/mol. The summed E-state index contributed by atoms with van der Waals surface area (Å²) in [5.41, 5.74) is 0.797. The second-order valence-corrected chi connectivity index (χ2v) is 6.37. The summed E-state index contributed by atoms with van der Waals surface area (Å²) in [5, 5.41) is 3.44. The molecule has 0 spiro atoms. The number of halogens is 3. The maximum Gasteiger partial charge on any atom is 0.416 e. The zero-order valence-electron chi connectivity index (χ0n) is 15.4. The number of carbonyl (C=O) groups is 2. The second kappa shape index (κ2) is 8.30. The maximum absolute atomic E-state index is 12.6. The Morgan fingerprint density at radius 1 is 1.07 bits per heavy atom. The molecule has 0 aliphatic carbocycles. The van der Waals surface area contributed by atoms with Crippen molar-refractivity contribution < 1.29 is 27.5 Å². The van der Waals surface area contributed by atoms with Crippen LogP contribution in [0.2, 0.25) is 0 Å². The summed E-state index contributed by atoms with van der Waals surface area (Å²) in [6.07, 6.45) is -4.13. The first-order chi connectivity index (χ1) is 13.7. The van der Waals surface area contributed by atoms with E-state index < -0.39 is 29.7 Å². The van der Waals surface area contributed by atoms with E-state index in [0.717, 1.165) is 17.5 Å². The fourth-order valence-electron chi connectivity index (χ4n) is 2.72. The van der Waals surface area contributed by atoms with Crippen molar-refractivity contribution in [3.05, 3.63) is 71.9 Å². The van der Waals surface area contributed by atoms with Gasteiger partial charge in [0.05, 0.1) is 23.2 Å². The van der Waals surface area contributed by atoms with Gasteiger partial charge >= 0.3 is 12.1 Å². The number of aromatic nitrogens is 1. The van der Waals surface area contributed by atoms with Crippen LogP contribution in [0.5, 0.6) is 0 Å². The van der Waals surface area contributed by atoms with Crippen LogP contribution in [0.25, 0.3) is 10.9 Å². The molecule has 5 nitrogen and oxygen atoms in total. The van der Waals surface area contributed by atoms with Crippen LogP contribution in [-0.4, -0.2) is 23.0 Å². The molecule has 0 saturated carbocycles. The molecular weight excluding hydrogens is 385 g/mol. The van der Waals surface area contributed by atoms with Crippen molar-refractivity contribution in [3.8, 4) is 0 Å². The molecule has 0 saturated heterocycles. The highest BCUT2D eigenvalue weighted by molar-refractivity contribution is 6.02. The van der Waals surface area contributed by atoms with Crippen molar-refractivity contribution in [2.45, 2.75) is 25.6 Å². The summed E-state index contributed by atoms with van der Waals surface area (Å²) in [5.74, 6) is -1.24. The highest BCUT2D eigenvalue weighted by atomic mass is 19.4. The monoisotopic (exact) mass is 402 g/mol. The average Bonchev–Trinajstić information content (AvgIpc) is 2.68. The van der Waals surface area contributed by atoms with Crippen LogP contribution in [0.4, 0.5) is 18.9 Å². The lowest BCUT2D eigenvalue weighted by atomic mass is 10.1. The highest BCUT2D eigenvalue weighted by Crippen LogP contribution is 2.29. The van der Waals surface area contributed by atoms with Crippen molar-refractivity contribution in [3.63, 3.8) is 0 Å². The Morgan fingerprint density at radius 2 is 1.79 bits per heavy atom. The van der Waals surface area contributed by atoms with E-state index in [1.807, 2.05) is 0 Å². The molecule has 0 aliphatic rings. The van der Waals surface area contributed by atoms with Crippen LogP contribution in [0.1, 0.15) is 18.1 Å². The van der Waals surface area contributed by atoms with E-state index >= 15 is 0 Å². The molecule has 1 aromatic heterocycles. The Morgan fingerprint density at radius 3 is 2.48 bits per heavy atom. The first kappa shape index (κ1) is 20.3. The zero-order valence-corrected chi connectivity index (χ0v) is 15.4. The van der Waals surface area contributed by atoms with E-state index in [0.29, 0.717) is 16.8 Å². The lowest BCUT2D eigenvalue weighted by Crippen LogP contribution is -2.30. The molecule has 0 bridgehead atoms. The molecule has 0 fully saturated rings. The number of benzene rings is 2. The normalized spacial score (nSPS) is 12.4. The Labute approximate surface area is 164 Å². The van der Waals surface area contributed by atoms with Crippen molar-refractivity contribution in [2.24, 2.45) is 0 Å². The molecule has 3 rings (SSSR count). The lowest BCUT2D eigenvalue weighted by Gasteiger charge is -2.15. The molecular formula is C21H17F3N2O3. The first-order valence-electron chi connectivity index (χ1n) is 8.74. The Kier molecular flexibility index (Phi) is 5.81. The summed E-state index contributed by atoms with van der Waals surface area (Å²) in [7, 11) is 0. The minimum atomic E-state index is -4.44. The van der Waals surface area contributed by atoms with Crippen LogP contribution in [0, 0.1) is 0 Å². The largest absolute Gasteiger partial charge is 0.452 e. The average molecular weight is 402 g/mol. The van der Waals surface area contributed by atoms with Crippen LogP contribution in [0.3, 0.4) is 0 Å². The van der Waals surface area contributed by atoms with Crippen molar-refractivity contribution in [2.75, 3.05) is 5.32 Å². The standard InChI is InChI=1S/C21H17F3N2O3/c1-13(20(28)26-18-6-2-5-17-16(18)4-3-11-25-17)29-19(27)12-14-7-9-15(10-8-14)21(22,23)24/h2-11,13H,12H2,1H3,(H,26,28). The molecule has 3 aromatic rings. The summed E-state index contributed by atoms with van der Waals surface area (Å²) in [6.45, 7) is 1.42. The number of amides is 1. The summed E-state index contributed by atoms with van der Waals surface area (Å²) < 4.78 is 42.8. The predicted octanol–water partition coefficient (Wildman–Crippen LogP) is 4.37. The SMILES string of the molecule is CC(OC(=O)Cc1ccc(C(F)(F)F)cc1)C(=O)Nc1cccc2ncccc12. The molecule has 1 unspecified atom stereocenters. The van der Waals surface area contributed by atoms with Crippen LogP contribution < -0.4 is 5.32 Å². The second-order valence-electron chi connectivity index (χ2n) is 6.37. The van der Waals surface area contributed by atoms with E-state index in [2.05, 4.69) is 10.3 Å². The number of anilines is 1. The van der Waals surface area contributed by atoms with Gasteiger partial charge in [0.2, 0.25) is 0 Å². The molecule has 1 atom stereocenters. The molecule has 1 N–H and O–H groups in total. The van der Waals surface area contributed by atoms with Crippen molar-refractivity contribution >= 4 is 28.5 Å². The van der Waals surface area contributed by atoms with Crippen LogP contribution in [0.15, 0.2) is 60.8 Å². The molecule has 29 heavy (non-hydrogen) atoms. The summed E-state index contributed by atoms with van der Waals surface area (Å²) in [4.78, 5) is 28.6. The Hall–Kier alpha value is -3.42. The number of ether oxygens (including phenoxy) is 1. The number of carbonyl (C=O) groups excluding carboxylic acids is 2. The molecule has 0 radical (unpaired) electrons.